The SMILES string of the molecule is CN1c2ccccc2C(NC(=O)c2ccc(C(F)(F)F)[nH]c2=O)c2ccccc21. The molecule has 1 aliphatic heterocycles. The number of nitrogens with zero attached hydrogens (tertiary/aromatic N) is 1. The average Bonchev–Trinajstić information content (AvgIpc) is 2.70. The molecule has 3 aromatic rings. The Hall–Kier alpha value is -3.55. The standard InChI is InChI=1S/C21H16F3N3O2/c1-27-15-8-4-2-6-12(15)18(13-7-3-5-9-16(13)27)26-20(29)14-10-11-17(21(22,23)24)25-19(14)28/h2-11,18H,1H3,(H,25,28)(H,26,29). The lowest BCUT2D eigenvalue weighted by Crippen LogP contribution is -2.36. The minimum atomic E-state index is -4.69. The summed E-state index contributed by atoms with van der Waals surface area (Å²) >= 11 is 0. The highest BCUT2D eigenvalue weighted by molar-refractivity contribution is 5.95. The topological polar surface area (TPSA) is 65.2 Å². The summed E-state index contributed by atoms with van der Waals surface area (Å²) in [7, 11) is 1.91. The van der Waals surface area contributed by atoms with Crippen molar-refractivity contribution >= 4 is 17.3 Å². The van der Waals surface area contributed by atoms with Gasteiger partial charge in [0.1, 0.15) is 11.3 Å². The number of aromatic amines is 1. The number of alkyl halides is 3. The zero-order valence-electron chi connectivity index (χ0n) is 15.2. The molecule has 4 rings (SSSR count). The minimum Gasteiger partial charge on any atom is -0.344 e. The molecular weight excluding hydrogens is 383 g/mol. The van der Waals surface area contributed by atoms with E-state index in [1.54, 1.807) is 4.98 Å². The Balaban J connectivity index is 1.73. The van der Waals surface area contributed by atoms with Gasteiger partial charge >= 0.3 is 6.18 Å². The zero-order valence-corrected chi connectivity index (χ0v) is 15.2. The number of anilines is 2. The van der Waals surface area contributed by atoms with E-state index in [1.807, 2.05) is 60.5 Å². The van der Waals surface area contributed by atoms with Crippen molar-refractivity contribution in [1.29, 1.82) is 0 Å². The molecule has 148 valence electrons. The Morgan fingerprint density at radius 2 is 1.52 bits per heavy atom. The molecule has 0 fully saturated rings. The van der Waals surface area contributed by atoms with Gasteiger partial charge in [-0.3, -0.25) is 9.59 Å². The molecule has 2 aromatic carbocycles. The number of H-pyrrole nitrogens is 1. The first-order valence-electron chi connectivity index (χ1n) is 8.80. The first kappa shape index (κ1) is 18.8. The maximum Gasteiger partial charge on any atom is 0.431 e. The number of hydrogen-bond donors (Lipinski definition) is 2. The van der Waals surface area contributed by atoms with Gasteiger partial charge in [0.15, 0.2) is 0 Å². The van der Waals surface area contributed by atoms with Crippen molar-refractivity contribution in [2.45, 2.75) is 12.2 Å². The van der Waals surface area contributed by atoms with Crippen LogP contribution in [0.15, 0.2) is 65.5 Å². The number of nitrogens with one attached hydrogen (secondary N) is 2. The van der Waals surface area contributed by atoms with Gasteiger partial charge in [-0.2, -0.15) is 13.2 Å². The molecule has 0 saturated carbocycles. The molecular formula is C21H16F3N3O2. The third kappa shape index (κ3) is 3.26. The Morgan fingerprint density at radius 1 is 0.966 bits per heavy atom. The van der Waals surface area contributed by atoms with Gasteiger partial charge in [-0.25, -0.2) is 0 Å². The number of aromatic nitrogens is 1. The molecule has 0 saturated heterocycles. The highest BCUT2D eigenvalue weighted by atomic mass is 19.4. The van der Waals surface area contributed by atoms with Crippen molar-refractivity contribution in [2.24, 2.45) is 0 Å². The smallest absolute Gasteiger partial charge is 0.344 e. The Kier molecular flexibility index (Phi) is 4.41. The number of pyridine rings is 1. The van der Waals surface area contributed by atoms with Crippen LogP contribution in [0.5, 0.6) is 0 Å². The van der Waals surface area contributed by atoms with Gasteiger partial charge in [-0.05, 0) is 24.3 Å². The second-order valence-electron chi connectivity index (χ2n) is 6.70. The van der Waals surface area contributed by atoms with Crippen LogP contribution in [-0.4, -0.2) is 17.9 Å². The second kappa shape index (κ2) is 6.80. The molecule has 1 aromatic heterocycles. The molecule has 8 heteroatoms. The largest absolute Gasteiger partial charge is 0.431 e. The Bertz CT molecular complexity index is 1110. The van der Waals surface area contributed by atoms with E-state index < -0.39 is 29.4 Å². The molecule has 29 heavy (non-hydrogen) atoms. The van der Waals surface area contributed by atoms with Crippen LogP contribution < -0.4 is 15.8 Å². The van der Waals surface area contributed by atoms with E-state index in [1.165, 1.54) is 0 Å². The van der Waals surface area contributed by atoms with Gasteiger partial charge < -0.3 is 15.2 Å². The maximum absolute atomic E-state index is 12.8. The molecule has 0 bridgehead atoms. The summed E-state index contributed by atoms with van der Waals surface area (Å²) in [4.78, 5) is 28.6. The predicted molar refractivity (Wildman–Crippen MR) is 102 cm³/mol. The van der Waals surface area contributed by atoms with Crippen LogP contribution in [0.25, 0.3) is 0 Å². The van der Waals surface area contributed by atoms with Crippen molar-refractivity contribution in [3.63, 3.8) is 0 Å². The molecule has 0 unspecified atom stereocenters. The van der Waals surface area contributed by atoms with Gasteiger partial charge in [-0.15, -0.1) is 0 Å². The fourth-order valence-corrected chi connectivity index (χ4v) is 3.55. The number of amides is 1. The van der Waals surface area contributed by atoms with Crippen molar-refractivity contribution in [3.8, 4) is 0 Å². The molecule has 0 aliphatic carbocycles. The van der Waals surface area contributed by atoms with Gasteiger partial charge in [0.25, 0.3) is 11.5 Å². The first-order chi connectivity index (χ1) is 13.8. The summed E-state index contributed by atoms with van der Waals surface area (Å²) in [6.45, 7) is 0. The lowest BCUT2D eigenvalue weighted by molar-refractivity contribution is -0.141. The molecule has 1 aliphatic rings. The van der Waals surface area contributed by atoms with Crippen LogP contribution in [0, 0.1) is 0 Å². The van der Waals surface area contributed by atoms with Crippen LogP contribution in [0.3, 0.4) is 0 Å². The molecule has 2 N–H and O–H groups in total. The zero-order chi connectivity index (χ0) is 20.8. The summed E-state index contributed by atoms with van der Waals surface area (Å²) < 4.78 is 38.3. The average molecular weight is 399 g/mol. The fourth-order valence-electron chi connectivity index (χ4n) is 3.55. The summed E-state index contributed by atoms with van der Waals surface area (Å²) in [5.74, 6) is -0.751. The molecule has 1 amide bonds. The number of halogens is 3. The van der Waals surface area contributed by atoms with Gasteiger partial charge in [0, 0.05) is 29.5 Å². The summed E-state index contributed by atoms with van der Waals surface area (Å²) in [5.41, 5.74) is 0.749. The number of carbonyl (C=O) groups is 1. The van der Waals surface area contributed by atoms with E-state index in [0.717, 1.165) is 28.6 Å². The van der Waals surface area contributed by atoms with Crippen LogP contribution in [0.4, 0.5) is 24.5 Å². The van der Waals surface area contributed by atoms with E-state index in [2.05, 4.69) is 5.32 Å². The lowest BCUT2D eigenvalue weighted by atomic mass is 9.90. The third-order valence-electron chi connectivity index (χ3n) is 4.95. The van der Waals surface area contributed by atoms with E-state index in [4.69, 9.17) is 0 Å². The number of benzene rings is 2. The van der Waals surface area contributed by atoms with Crippen molar-refractivity contribution in [1.82, 2.24) is 10.3 Å². The molecule has 0 spiro atoms. The highest BCUT2D eigenvalue weighted by Gasteiger charge is 2.33. The van der Waals surface area contributed by atoms with Crippen molar-refractivity contribution in [2.75, 3.05) is 11.9 Å². The van der Waals surface area contributed by atoms with E-state index >= 15 is 0 Å². The van der Waals surface area contributed by atoms with Gasteiger partial charge in [0.2, 0.25) is 0 Å². The van der Waals surface area contributed by atoms with Gasteiger partial charge in [0.05, 0.1) is 6.04 Å². The monoisotopic (exact) mass is 399 g/mol. The number of rotatable bonds is 2. The third-order valence-corrected chi connectivity index (χ3v) is 4.95. The number of para-hydroxylation sites is 2. The lowest BCUT2D eigenvalue weighted by Gasteiger charge is -2.35. The van der Waals surface area contributed by atoms with E-state index in [0.29, 0.717) is 6.07 Å². The van der Waals surface area contributed by atoms with Crippen LogP contribution >= 0.6 is 0 Å². The number of hydrogen-bond acceptors (Lipinski definition) is 3. The minimum absolute atomic E-state index is 0.383. The number of fused-ring (bicyclic) bond motifs is 2. The first-order valence-corrected chi connectivity index (χ1v) is 8.80. The van der Waals surface area contributed by atoms with E-state index in [9.17, 15) is 22.8 Å². The normalized spacial score (nSPS) is 13.6. The highest BCUT2D eigenvalue weighted by Crippen LogP contribution is 2.43. The summed E-state index contributed by atoms with van der Waals surface area (Å²) in [6, 6.07) is 16.0. The van der Waals surface area contributed by atoms with Crippen LogP contribution in [-0.2, 0) is 6.18 Å². The summed E-state index contributed by atoms with van der Waals surface area (Å²) in [6.07, 6.45) is -4.69. The van der Waals surface area contributed by atoms with Crippen LogP contribution in [0.1, 0.15) is 33.2 Å². The fraction of sp³-hybridized carbons (Fsp3) is 0.143. The van der Waals surface area contributed by atoms with Crippen LogP contribution in [0.2, 0.25) is 0 Å². The molecule has 5 nitrogen and oxygen atoms in total. The maximum atomic E-state index is 12.8. The quantitative estimate of drug-likeness (QED) is 0.685. The summed E-state index contributed by atoms with van der Waals surface area (Å²) in [5, 5.41) is 2.80. The van der Waals surface area contributed by atoms with E-state index in [-0.39, 0.29) is 5.56 Å². The Morgan fingerprint density at radius 3 is 2.03 bits per heavy atom. The molecule has 0 atom stereocenters. The van der Waals surface area contributed by atoms with Crippen molar-refractivity contribution < 1.29 is 18.0 Å². The molecule has 0 radical (unpaired) electrons. The van der Waals surface area contributed by atoms with Gasteiger partial charge in [-0.1, -0.05) is 36.4 Å². The predicted octanol–water partition coefficient (Wildman–Crippen LogP) is 3.99. The van der Waals surface area contributed by atoms with Crippen molar-refractivity contribution in [3.05, 3.63) is 93.4 Å². The second-order valence-corrected chi connectivity index (χ2v) is 6.70. The molecule has 2 heterocycles. The number of carbonyl (C=O) groups excluding carboxylic acids is 1. The Labute approximate surface area is 163 Å².